The van der Waals surface area contributed by atoms with E-state index in [0.29, 0.717) is 87.8 Å². The highest BCUT2D eigenvalue weighted by molar-refractivity contribution is 8.76. The summed E-state index contributed by atoms with van der Waals surface area (Å²) in [6.45, 7) is 4.16. The maximum atomic E-state index is 12.3. The van der Waals surface area contributed by atoms with Crippen molar-refractivity contribution >= 4 is 67.1 Å². The molecule has 2 amide bonds. The Morgan fingerprint density at radius 2 is 0.833 bits per heavy atom. The molecule has 2 aromatic heterocycles. The van der Waals surface area contributed by atoms with Gasteiger partial charge in [0.1, 0.15) is 11.5 Å². The minimum absolute atomic E-state index is 0.120. The second-order valence-electron chi connectivity index (χ2n) is 14.7. The van der Waals surface area contributed by atoms with E-state index < -0.39 is 11.9 Å². The van der Waals surface area contributed by atoms with Crippen LogP contribution in [0.15, 0.2) is 97.1 Å². The maximum Gasteiger partial charge on any atom is 0.354 e. The molecule has 0 aliphatic rings. The van der Waals surface area contributed by atoms with Crippen molar-refractivity contribution < 1.29 is 58.6 Å². The zero-order valence-corrected chi connectivity index (χ0v) is 37.5. The fraction of sp³-hybridized carbons (Fsp3) is 0.292. The number of rotatable bonds is 27. The summed E-state index contributed by atoms with van der Waals surface area (Å²) in [4.78, 5) is 55.2. The number of nitrogens with zero attached hydrogens (tertiary/aromatic N) is 2. The van der Waals surface area contributed by atoms with Crippen molar-refractivity contribution in [3.63, 3.8) is 0 Å². The maximum absolute atomic E-state index is 12.3. The molecule has 2 heterocycles. The molecule has 0 aliphatic carbocycles. The predicted octanol–water partition coefficient (Wildman–Crippen LogP) is 7.09. The number of benzene rings is 4. The van der Waals surface area contributed by atoms with Gasteiger partial charge in [-0.15, -0.1) is 0 Å². The summed E-state index contributed by atoms with van der Waals surface area (Å²) in [6, 6.07) is 28.1. The third-order valence-electron chi connectivity index (χ3n) is 9.96. The van der Waals surface area contributed by atoms with Gasteiger partial charge in [0.15, 0.2) is 11.4 Å². The number of hydrogen-bond acceptors (Lipinski definition) is 14. The normalized spacial score (nSPS) is 11.2. The van der Waals surface area contributed by atoms with Crippen LogP contribution in [0.3, 0.4) is 0 Å². The SMILES string of the molecule is O=C(CCOCCOCCSSCCOCCOCCC(=O)NCc1ccc(-c2ccc3nc(C(=O)O)cc(O)c3c2)cc1)NCc1ccc(-c2ccc3nc(C(=O)O)cc(O)c3c2)cc1. The molecule has 66 heavy (non-hydrogen) atoms. The summed E-state index contributed by atoms with van der Waals surface area (Å²) < 4.78 is 22.3. The van der Waals surface area contributed by atoms with Gasteiger partial charge in [-0.1, -0.05) is 82.3 Å². The summed E-state index contributed by atoms with van der Waals surface area (Å²) in [6.07, 6.45) is 0.468. The van der Waals surface area contributed by atoms with Gasteiger partial charge in [-0.3, -0.25) is 9.59 Å². The standard InChI is InChI=1S/C48H50N4O12S2/c53-43-27-41(47(57)58)51-39-11-9-35(25-37(39)43)33-5-1-31(2-6-33)29-49-45(55)13-15-61-17-19-63-21-23-65-66-24-22-64-20-18-62-16-14-46(56)50-30-32-3-7-34(8-4-32)36-10-12-40-38(26-36)44(54)28-42(52-40)48(59)60/h1-12,25-28H,13-24,29-30H2,(H,49,55)(H,50,56)(H,51,53)(H,52,54)(H,57,58)(H,59,60). The van der Waals surface area contributed by atoms with Crippen LogP contribution < -0.4 is 10.6 Å². The van der Waals surface area contributed by atoms with Crippen molar-refractivity contribution in [2.45, 2.75) is 25.9 Å². The van der Waals surface area contributed by atoms with E-state index in [-0.39, 0.29) is 47.5 Å². The molecule has 0 radical (unpaired) electrons. The first-order valence-electron chi connectivity index (χ1n) is 21.1. The van der Waals surface area contributed by atoms with Gasteiger partial charge in [0.05, 0.1) is 63.9 Å². The van der Waals surface area contributed by atoms with Gasteiger partial charge in [-0.05, 0) is 57.6 Å². The second-order valence-corrected chi connectivity index (χ2v) is 17.4. The smallest absolute Gasteiger partial charge is 0.354 e. The van der Waals surface area contributed by atoms with Crippen LogP contribution in [0.2, 0.25) is 0 Å². The van der Waals surface area contributed by atoms with Crippen LogP contribution in [-0.2, 0) is 41.6 Å². The Kier molecular flexibility index (Phi) is 18.9. The molecule has 0 saturated carbocycles. The fourth-order valence-electron chi connectivity index (χ4n) is 6.48. The first-order chi connectivity index (χ1) is 32.0. The lowest BCUT2D eigenvalue weighted by atomic mass is 10.0. The number of aromatic carboxylic acids is 2. The molecule has 0 saturated heterocycles. The number of amides is 2. The predicted molar refractivity (Wildman–Crippen MR) is 253 cm³/mol. The number of aromatic nitrogens is 2. The van der Waals surface area contributed by atoms with E-state index in [1.807, 2.05) is 60.7 Å². The van der Waals surface area contributed by atoms with Crippen molar-refractivity contribution in [2.75, 3.05) is 64.4 Å². The van der Waals surface area contributed by atoms with Gasteiger partial charge in [0.2, 0.25) is 11.8 Å². The van der Waals surface area contributed by atoms with Gasteiger partial charge in [-0.25, -0.2) is 19.6 Å². The lowest BCUT2D eigenvalue weighted by molar-refractivity contribution is -0.123. The van der Waals surface area contributed by atoms with E-state index in [4.69, 9.17) is 18.9 Å². The summed E-state index contributed by atoms with van der Waals surface area (Å²) in [5, 5.41) is 45.7. The summed E-state index contributed by atoms with van der Waals surface area (Å²) in [5.41, 5.74) is 5.65. The van der Waals surface area contributed by atoms with Gasteiger partial charge in [0, 0.05) is 60.3 Å². The Balaban J connectivity index is 0.702. The van der Waals surface area contributed by atoms with E-state index in [1.165, 1.54) is 0 Å². The topological polar surface area (TPSA) is 236 Å². The molecule has 0 aliphatic heterocycles. The van der Waals surface area contributed by atoms with E-state index in [2.05, 4.69) is 20.6 Å². The van der Waals surface area contributed by atoms with Crippen molar-refractivity contribution in [3.8, 4) is 33.8 Å². The number of ether oxygens (including phenoxy) is 4. The average Bonchev–Trinajstić information content (AvgIpc) is 3.32. The molecule has 0 spiro atoms. The number of pyridine rings is 2. The van der Waals surface area contributed by atoms with Crippen LogP contribution >= 0.6 is 21.6 Å². The number of nitrogens with one attached hydrogen (secondary N) is 2. The molecule has 346 valence electrons. The lowest BCUT2D eigenvalue weighted by Gasteiger charge is -2.09. The molecule has 6 aromatic rings. The average molecular weight is 939 g/mol. The van der Waals surface area contributed by atoms with Crippen LogP contribution in [0.4, 0.5) is 0 Å². The van der Waals surface area contributed by atoms with Crippen molar-refractivity contribution in [3.05, 3.63) is 120 Å². The number of carboxylic acid groups (broad SMARTS) is 2. The number of hydrogen-bond donors (Lipinski definition) is 6. The third-order valence-corrected chi connectivity index (χ3v) is 12.3. The van der Waals surface area contributed by atoms with Crippen LogP contribution in [-0.4, -0.2) is 119 Å². The minimum atomic E-state index is -1.21. The number of carbonyl (C=O) groups excluding carboxylic acids is 2. The highest BCUT2D eigenvalue weighted by Gasteiger charge is 2.14. The number of aromatic hydroxyl groups is 2. The Labute approximate surface area is 388 Å². The molecule has 0 unspecified atom stereocenters. The molecule has 4 aromatic carbocycles. The zero-order chi connectivity index (χ0) is 46.7. The minimum Gasteiger partial charge on any atom is -0.507 e. The number of fused-ring (bicyclic) bond motifs is 2. The highest BCUT2D eigenvalue weighted by Crippen LogP contribution is 2.31. The van der Waals surface area contributed by atoms with E-state index in [1.54, 1.807) is 45.9 Å². The molecular formula is C48H50N4O12S2. The van der Waals surface area contributed by atoms with Gasteiger partial charge < -0.3 is 50.0 Å². The molecule has 0 atom stereocenters. The summed E-state index contributed by atoms with van der Waals surface area (Å²) in [5.74, 6) is -1.32. The molecule has 18 heteroatoms. The fourth-order valence-corrected chi connectivity index (χ4v) is 8.20. The van der Waals surface area contributed by atoms with Crippen molar-refractivity contribution in [1.29, 1.82) is 0 Å². The van der Waals surface area contributed by atoms with Crippen molar-refractivity contribution in [1.82, 2.24) is 20.6 Å². The number of carboxylic acids is 2. The second kappa shape index (κ2) is 25.4. The molecule has 6 rings (SSSR count). The van der Waals surface area contributed by atoms with Gasteiger partial charge in [-0.2, -0.15) is 0 Å². The largest absolute Gasteiger partial charge is 0.507 e. The first-order valence-corrected chi connectivity index (χ1v) is 23.5. The Morgan fingerprint density at radius 1 is 0.470 bits per heavy atom. The Morgan fingerprint density at radius 3 is 1.21 bits per heavy atom. The lowest BCUT2D eigenvalue weighted by Crippen LogP contribution is -2.24. The van der Waals surface area contributed by atoms with Crippen molar-refractivity contribution in [2.24, 2.45) is 0 Å². The van der Waals surface area contributed by atoms with E-state index in [9.17, 15) is 39.6 Å². The van der Waals surface area contributed by atoms with E-state index >= 15 is 0 Å². The van der Waals surface area contributed by atoms with Crippen LogP contribution in [0.5, 0.6) is 11.5 Å². The zero-order valence-electron chi connectivity index (χ0n) is 35.9. The third kappa shape index (κ3) is 15.1. The van der Waals surface area contributed by atoms with Gasteiger partial charge >= 0.3 is 11.9 Å². The molecule has 6 N–H and O–H groups in total. The summed E-state index contributed by atoms with van der Waals surface area (Å²) >= 11 is 0. The molecule has 0 fully saturated rings. The Hall–Kier alpha value is -6.28. The highest BCUT2D eigenvalue weighted by atomic mass is 33.1. The number of carbonyl (C=O) groups is 4. The Bertz CT molecular complexity index is 2420. The molecular weight excluding hydrogens is 889 g/mol. The van der Waals surface area contributed by atoms with Crippen LogP contribution in [0.25, 0.3) is 44.1 Å². The summed E-state index contributed by atoms with van der Waals surface area (Å²) in [7, 11) is 3.40. The van der Waals surface area contributed by atoms with Crippen LogP contribution in [0.1, 0.15) is 44.9 Å². The molecule has 0 bridgehead atoms. The first kappa shape index (κ1) is 49.2. The monoisotopic (exact) mass is 938 g/mol. The quantitative estimate of drug-likeness (QED) is 0.0223. The molecule has 16 nitrogen and oxygen atoms in total. The van der Waals surface area contributed by atoms with Crippen LogP contribution in [0, 0.1) is 0 Å². The van der Waals surface area contributed by atoms with E-state index in [0.717, 1.165) is 57.0 Å². The van der Waals surface area contributed by atoms with Gasteiger partial charge in [0.25, 0.3) is 0 Å².